The van der Waals surface area contributed by atoms with Gasteiger partial charge in [0.15, 0.2) is 5.88 Å². The van der Waals surface area contributed by atoms with Crippen LogP contribution in [0.3, 0.4) is 0 Å². The highest BCUT2D eigenvalue weighted by Crippen LogP contribution is 2.33. The number of rotatable bonds is 3. The van der Waals surface area contributed by atoms with Gasteiger partial charge in [-0.3, -0.25) is 0 Å². The Bertz CT molecular complexity index is 1010. The molecule has 0 aliphatic rings. The van der Waals surface area contributed by atoms with Crippen LogP contribution >= 0.6 is 11.3 Å². The van der Waals surface area contributed by atoms with E-state index >= 15 is 0 Å². The molecule has 0 bridgehead atoms. The van der Waals surface area contributed by atoms with Crippen molar-refractivity contribution in [3.8, 4) is 22.8 Å². The molecular weight excluding hydrogens is 320 g/mol. The van der Waals surface area contributed by atoms with E-state index in [1.807, 2.05) is 45.9 Å². The third-order valence-corrected chi connectivity index (χ3v) is 4.96. The van der Waals surface area contributed by atoms with Gasteiger partial charge in [0.2, 0.25) is 0 Å². The maximum absolute atomic E-state index is 10.3. The predicted octanol–water partition coefficient (Wildman–Crippen LogP) is 4.55. The van der Waals surface area contributed by atoms with E-state index in [1.165, 1.54) is 0 Å². The van der Waals surface area contributed by atoms with Crippen LogP contribution in [0.4, 0.5) is 0 Å². The lowest BCUT2D eigenvalue weighted by Crippen LogP contribution is -1.96. The van der Waals surface area contributed by atoms with Gasteiger partial charge in [0.1, 0.15) is 5.69 Å². The first-order chi connectivity index (χ1) is 11.6. The maximum atomic E-state index is 10.3. The van der Waals surface area contributed by atoms with Crippen molar-refractivity contribution in [1.29, 1.82) is 0 Å². The van der Waals surface area contributed by atoms with Crippen LogP contribution in [0.5, 0.6) is 5.88 Å². The minimum Gasteiger partial charge on any atom is -0.494 e. The number of aromatic hydroxyl groups is 1. The van der Waals surface area contributed by atoms with E-state index < -0.39 is 0 Å². The summed E-state index contributed by atoms with van der Waals surface area (Å²) in [6.07, 6.45) is 1.98. The zero-order valence-corrected chi connectivity index (χ0v) is 14.6. The number of fused-ring (bicyclic) bond motifs is 1. The number of benzene rings is 1. The Labute approximate surface area is 143 Å². The van der Waals surface area contributed by atoms with Crippen molar-refractivity contribution < 1.29 is 5.11 Å². The van der Waals surface area contributed by atoms with Gasteiger partial charge in [0, 0.05) is 34.0 Å². The molecule has 4 rings (SSSR count). The molecule has 0 saturated carbocycles. The average molecular weight is 338 g/mol. The van der Waals surface area contributed by atoms with E-state index in [1.54, 1.807) is 11.3 Å². The second-order valence-electron chi connectivity index (χ2n) is 6.17. The second-order valence-corrected chi connectivity index (χ2v) is 6.95. The zero-order chi connectivity index (χ0) is 16.8. The van der Waals surface area contributed by atoms with Crippen LogP contribution in [0, 0.1) is 6.92 Å². The standard InChI is InChI=1S/C18H18N4OS/c1-11(2)21-9-14-8-13(4-5-16(14)18(21)23)17-12(3)22(20-19-17)15-6-7-24-10-15/h4-11,23H,1-3H3. The molecule has 4 aromatic rings. The Morgan fingerprint density at radius 3 is 2.75 bits per heavy atom. The average Bonchev–Trinajstić information content (AvgIpc) is 3.26. The topological polar surface area (TPSA) is 55.9 Å². The number of aromatic nitrogens is 4. The SMILES string of the molecule is Cc1c(-c2ccc3c(O)n(C(C)C)cc3c2)nnn1-c1ccsc1. The molecule has 1 N–H and O–H groups in total. The van der Waals surface area contributed by atoms with E-state index in [0.29, 0.717) is 5.88 Å². The van der Waals surface area contributed by atoms with E-state index in [9.17, 15) is 5.11 Å². The van der Waals surface area contributed by atoms with Gasteiger partial charge in [0.25, 0.3) is 0 Å². The van der Waals surface area contributed by atoms with Crippen LogP contribution in [0.2, 0.25) is 0 Å². The molecule has 6 heteroatoms. The van der Waals surface area contributed by atoms with Crippen molar-refractivity contribution in [2.75, 3.05) is 0 Å². The summed E-state index contributed by atoms with van der Waals surface area (Å²) in [4.78, 5) is 0. The van der Waals surface area contributed by atoms with Crippen molar-refractivity contribution in [1.82, 2.24) is 19.6 Å². The predicted molar refractivity (Wildman–Crippen MR) is 97.0 cm³/mol. The largest absolute Gasteiger partial charge is 0.494 e. The second kappa shape index (κ2) is 5.49. The van der Waals surface area contributed by atoms with Gasteiger partial charge in [-0.1, -0.05) is 11.3 Å². The number of hydrogen-bond donors (Lipinski definition) is 1. The summed E-state index contributed by atoms with van der Waals surface area (Å²) in [6.45, 7) is 6.13. The Morgan fingerprint density at radius 1 is 1.21 bits per heavy atom. The Balaban J connectivity index is 1.83. The van der Waals surface area contributed by atoms with Crippen molar-refractivity contribution in [3.63, 3.8) is 0 Å². The smallest absolute Gasteiger partial charge is 0.199 e. The molecule has 1 aromatic carbocycles. The van der Waals surface area contributed by atoms with Gasteiger partial charge in [0.05, 0.1) is 11.4 Å². The highest BCUT2D eigenvalue weighted by Gasteiger charge is 2.15. The van der Waals surface area contributed by atoms with Crippen LogP contribution in [0.15, 0.2) is 41.2 Å². The van der Waals surface area contributed by atoms with Crippen LogP contribution in [0.25, 0.3) is 27.7 Å². The van der Waals surface area contributed by atoms with Crippen molar-refractivity contribution in [2.24, 2.45) is 0 Å². The number of nitrogens with zero attached hydrogens (tertiary/aromatic N) is 4. The molecule has 122 valence electrons. The normalized spacial score (nSPS) is 11.7. The fourth-order valence-electron chi connectivity index (χ4n) is 2.98. The van der Waals surface area contributed by atoms with Gasteiger partial charge >= 0.3 is 0 Å². The summed E-state index contributed by atoms with van der Waals surface area (Å²) < 4.78 is 3.73. The summed E-state index contributed by atoms with van der Waals surface area (Å²) in [6, 6.07) is 8.23. The van der Waals surface area contributed by atoms with E-state index in [2.05, 4.69) is 35.6 Å². The van der Waals surface area contributed by atoms with Gasteiger partial charge in [-0.2, -0.15) is 11.3 Å². The molecule has 0 aliphatic carbocycles. The summed E-state index contributed by atoms with van der Waals surface area (Å²) in [5.74, 6) is 0.310. The van der Waals surface area contributed by atoms with E-state index in [-0.39, 0.29) is 6.04 Å². The number of hydrogen-bond acceptors (Lipinski definition) is 4. The molecule has 24 heavy (non-hydrogen) atoms. The first kappa shape index (κ1) is 15.0. The quantitative estimate of drug-likeness (QED) is 0.596. The lowest BCUT2D eigenvalue weighted by Gasteiger charge is -2.07. The molecule has 0 radical (unpaired) electrons. The lowest BCUT2D eigenvalue weighted by molar-refractivity contribution is 0.405. The first-order valence-corrected chi connectivity index (χ1v) is 8.79. The van der Waals surface area contributed by atoms with Gasteiger partial charge in [-0.15, -0.1) is 5.10 Å². The first-order valence-electron chi connectivity index (χ1n) is 7.85. The highest BCUT2D eigenvalue weighted by atomic mass is 32.1. The lowest BCUT2D eigenvalue weighted by atomic mass is 10.1. The Hall–Kier alpha value is -2.60. The van der Waals surface area contributed by atoms with Gasteiger partial charge < -0.3 is 9.67 Å². The summed E-state index contributed by atoms with van der Waals surface area (Å²) in [5, 5.41) is 24.9. The Kier molecular flexibility index (Phi) is 3.42. The van der Waals surface area contributed by atoms with Crippen molar-refractivity contribution in [3.05, 3.63) is 46.9 Å². The van der Waals surface area contributed by atoms with E-state index in [4.69, 9.17) is 0 Å². The molecule has 0 fully saturated rings. The number of thiophene rings is 1. The van der Waals surface area contributed by atoms with Crippen LogP contribution in [-0.2, 0) is 0 Å². The van der Waals surface area contributed by atoms with Crippen molar-refractivity contribution in [2.45, 2.75) is 26.8 Å². The molecule has 3 heterocycles. The van der Waals surface area contributed by atoms with Crippen LogP contribution in [0.1, 0.15) is 25.6 Å². The molecule has 0 unspecified atom stereocenters. The fourth-order valence-corrected chi connectivity index (χ4v) is 3.60. The van der Waals surface area contributed by atoms with Crippen LogP contribution in [-0.4, -0.2) is 24.7 Å². The summed E-state index contributed by atoms with van der Waals surface area (Å²) in [5.41, 5.74) is 3.89. The van der Waals surface area contributed by atoms with Crippen LogP contribution < -0.4 is 0 Å². The maximum Gasteiger partial charge on any atom is 0.199 e. The molecule has 0 spiro atoms. The Morgan fingerprint density at radius 2 is 2.04 bits per heavy atom. The third-order valence-electron chi connectivity index (χ3n) is 4.29. The van der Waals surface area contributed by atoms with Crippen molar-refractivity contribution >= 4 is 22.1 Å². The monoisotopic (exact) mass is 338 g/mol. The van der Waals surface area contributed by atoms with Gasteiger partial charge in [-0.25, -0.2) is 4.68 Å². The molecule has 0 atom stereocenters. The molecule has 0 aliphatic heterocycles. The third kappa shape index (κ3) is 2.22. The molecule has 0 amide bonds. The molecule has 3 aromatic heterocycles. The zero-order valence-electron chi connectivity index (χ0n) is 13.8. The molecule has 5 nitrogen and oxygen atoms in total. The van der Waals surface area contributed by atoms with E-state index in [0.717, 1.165) is 33.4 Å². The molecule has 0 saturated heterocycles. The minimum absolute atomic E-state index is 0.210. The fraction of sp³-hybridized carbons (Fsp3) is 0.222. The molecular formula is C18H18N4OS. The summed E-state index contributed by atoms with van der Waals surface area (Å²) in [7, 11) is 0. The minimum atomic E-state index is 0.210. The van der Waals surface area contributed by atoms with Gasteiger partial charge in [-0.05, 0) is 44.4 Å². The highest BCUT2D eigenvalue weighted by molar-refractivity contribution is 7.08. The summed E-state index contributed by atoms with van der Waals surface area (Å²) >= 11 is 1.64.